The number of aliphatic hydroxyl groups is 1. The van der Waals surface area contributed by atoms with Crippen LogP contribution in [0.15, 0.2) is 9.59 Å². The summed E-state index contributed by atoms with van der Waals surface area (Å²) in [5, 5.41) is 12.5. The Hall–Kier alpha value is -1.76. The minimum Gasteiger partial charge on any atom is -0.396 e. The molecule has 2 rings (SSSR count). The van der Waals surface area contributed by atoms with Crippen LogP contribution in [0.1, 0.15) is 39.0 Å². The van der Waals surface area contributed by atoms with Crippen LogP contribution in [-0.4, -0.2) is 27.3 Å². The van der Waals surface area contributed by atoms with Gasteiger partial charge in [-0.05, 0) is 19.3 Å². The minimum absolute atomic E-state index is 0.0236. The molecule has 0 amide bonds. The zero-order valence-corrected chi connectivity index (χ0v) is 12.4. The molecule has 1 fully saturated rings. The first-order chi connectivity index (χ1) is 10.1. The SMILES string of the molecule is CCCCn1c(N)c(NC2CCCC2CO)c(=O)[nH]c1=O. The molecule has 118 valence electrons. The Morgan fingerprint density at radius 3 is 2.86 bits per heavy atom. The predicted molar refractivity (Wildman–Crippen MR) is 82.5 cm³/mol. The second-order valence-electron chi connectivity index (χ2n) is 5.65. The highest BCUT2D eigenvalue weighted by molar-refractivity contribution is 5.61. The van der Waals surface area contributed by atoms with Crippen LogP contribution >= 0.6 is 0 Å². The molecule has 1 aliphatic rings. The third kappa shape index (κ3) is 3.29. The summed E-state index contributed by atoms with van der Waals surface area (Å²) in [4.78, 5) is 26.1. The van der Waals surface area contributed by atoms with Crippen molar-refractivity contribution in [2.45, 2.75) is 51.6 Å². The number of aliphatic hydroxyl groups excluding tert-OH is 1. The first-order valence-corrected chi connectivity index (χ1v) is 7.58. The number of anilines is 2. The zero-order chi connectivity index (χ0) is 15.4. The highest BCUT2D eigenvalue weighted by Gasteiger charge is 2.28. The number of H-pyrrole nitrogens is 1. The van der Waals surface area contributed by atoms with Crippen LogP contribution in [-0.2, 0) is 6.54 Å². The Kier molecular flexibility index (Phi) is 5.06. The molecule has 1 aliphatic carbocycles. The van der Waals surface area contributed by atoms with Crippen molar-refractivity contribution in [3.05, 3.63) is 20.8 Å². The Balaban J connectivity index is 2.30. The van der Waals surface area contributed by atoms with Crippen molar-refractivity contribution in [3.63, 3.8) is 0 Å². The lowest BCUT2D eigenvalue weighted by Gasteiger charge is -2.21. The number of nitrogens with zero attached hydrogens (tertiary/aromatic N) is 1. The normalized spacial score (nSPS) is 21.6. The lowest BCUT2D eigenvalue weighted by Crippen LogP contribution is -2.37. The number of hydrogen-bond donors (Lipinski definition) is 4. The van der Waals surface area contributed by atoms with E-state index in [1.54, 1.807) is 0 Å². The molecule has 1 saturated carbocycles. The van der Waals surface area contributed by atoms with E-state index in [9.17, 15) is 14.7 Å². The lowest BCUT2D eigenvalue weighted by molar-refractivity contribution is 0.222. The molecule has 0 aliphatic heterocycles. The topological polar surface area (TPSA) is 113 Å². The summed E-state index contributed by atoms with van der Waals surface area (Å²) >= 11 is 0. The van der Waals surface area contributed by atoms with Crippen LogP contribution in [0.3, 0.4) is 0 Å². The third-order valence-electron chi connectivity index (χ3n) is 4.20. The summed E-state index contributed by atoms with van der Waals surface area (Å²) < 4.78 is 1.40. The van der Waals surface area contributed by atoms with Gasteiger partial charge in [0.2, 0.25) is 0 Å². The van der Waals surface area contributed by atoms with Crippen molar-refractivity contribution < 1.29 is 5.11 Å². The van der Waals surface area contributed by atoms with Gasteiger partial charge in [0.05, 0.1) is 0 Å². The summed E-state index contributed by atoms with van der Waals surface area (Å²) in [6.45, 7) is 2.60. The summed E-state index contributed by atoms with van der Waals surface area (Å²) in [5.41, 5.74) is 5.29. The summed E-state index contributed by atoms with van der Waals surface area (Å²) in [7, 11) is 0. The standard InChI is InChI=1S/C14H24N4O3/c1-2-3-7-18-12(15)11(13(20)17-14(18)21)16-10-6-4-5-9(10)8-19/h9-10,16,19H,2-8,15H2,1H3,(H,17,20,21). The molecule has 7 nitrogen and oxygen atoms in total. The number of nitrogens with two attached hydrogens (primary N) is 1. The quantitative estimate of drug-likeness (QED) is 0.610. The van der Waals surface area contributed by atoms with Gasteiger partial charge in [-0.25, -0.2) is 4.79 Å². The molecule has 0 aromatic carbocycles. The molecule has 1 aromatic heterocycles. The predicted octanol–water partition coefficient (Wildman–Crippen LogP) is 0.492. The Morgan fingerprint density at radius 2 is 2.19 bits per heavy atom. The second kappa shape index (κ2) is 6.80. The van der Waals surface area contributed by atoms with Crippen molar-refractivity contribution in [1.82, 2.24) is 9.55 Å². The van der Waals surface area contributed by atoms with Crippen LogP contribution in [0.4, 0.5) is 11.5 Å². The number of hydrogen-bond acceptors (Lipinski definition) is 5. The fraction of sp³-hybridized carbons (Fsp3) is 0.714. The molecule has 5 N–H and O–H groups in total. The van der Waals surface area contributed by atoms with Gasteiger partial charge in [0.25, 0.3) is 5.56 Å². The highest BCUT2D eigenvalue weighted by Crippen LogP contribution is 2.28. The fourth-order valence-corrected chi connectivity index (χ4v) is 2.90. The van der Waals surface area contributed by atoms with Gasteiger partial charge in [0.1, 0.15) is 11.5 Å². The Labute approximate surface area is 123 Å². The summed E-state index contributed by atoms with van der Waals surface area (Å²) in [6.07, 6.45) is 4.58. The van der Waals surface area contributed by atoms with E-state index in [-0.39, 0.29) is 30.1 Å². The minimum atomic E-state index is -0.492. The number of aromatic amines is 1. The third-order valence-corrected chi connectivity index (χ3v) is 4.20. The van der Waals surface area contributed by atoms with Gasteiger partial charge in [-0.15, -0.1) is 0 Å². The van der Waals surface area contributed by atoms with Gasteiger partial charge in [-0.1, -0.05) is 19.8 Å². The zero-order valence-electron chi connectivity index (χ0n) is 12.4. The molecule has 0 radical (unpaired) electrons. The van der Waals surface area contributed by atoms with Gasteiger partial charge < -0.3 is 16.2 Å². The Bertz CT molecular complexity index is 593. The van der Waals surface area contributed by atoms with E-state index in [4.69, 9.17) is 5.73 Å². The van der Waals surface area contributed by atoms with Crippen LogP contribution in [0.25, 0.3) is 0 Å². The van der Waals surface area contributed by atoms with Crippen LogP contribution in [0.2, 0.25) is 0 Å². The van der Waals surface area contributed by atoms with E-state index in [1.165, 1.54) is 4.57 Å². The molecular weight excluding hydrogens is 272 g/mol. The van der Waals surface area contributed by atoms with E-state index in [1.807, 2.05) is 6.92 Å². The molecule has 2 atom stereocenters. The average molecular weight is 296 g/mol. The van der Waals surface area contributed by atoms with Crippen molar-refractivity contribution in [3.8, 4) is 0 Å². The fourth-order valence-electron chi connectivity index (χ4n) is 2.90. The van der Waals surface area contributed by atoms with Crippen molar-refractivity contribution >= 4 is 11.5 Å². The largest absolute Gasteiger partial charge is 0.396 e. The monoisotopic (exact) mass is 296 g/mol. The number of nitrogen functional groups attached to an aromatic ring is 1. The number of aromatic nitrogens is 2. The maximum atomic E-state index is 12.0. The molecular formula is C14H24N4O3. The molecule has 21 heavy (non-hydrogen) atoms. The average Bonchev–Trinajstić information content (AvgIpc) is 2.90. The van der Waals surface area contributed by atoms with Gasteiger partial charge in [-0.2, -0.15) is 0 Å². The molecule has 0 saturated heterocycles. The van der Waals surface area contributed by atoms with E-state index in [0.29, 0.717) is 6.54 Å². The molecule has 7 heteroatoms. The highest BCUT2D eigenvalue weighted by atomic mass is 16.3. The lowest BCUT2D eigenvalue weighted by atomic mass is 10.1. The van der Waals surface area contributed by atoms with E-state index in [0.717, 1.165) is 32.1 Å². The van der Waals surface area contributed by atoms with Gasteiger partial charge in [-0.3, -0.25) is 14.3 Å². The molecule has 2 unspecified atom stereocenters. The first kappa shape index (κ1) is 15.6. The van der Waals surface area contributed by atoms with E-state index < -0.39 is 11.2 Å². The van der Waals surface area contributed by atoms with Crippen molar-refractivity contribution in [2.24, 2.45) is 5.92 Å². The number of unbranched alkanes of at least 4 members (excludes halogenated alkanes) is 1. The van der Waals surface area contributed by atoms with Crippen LogP contribution in [0.5, 0.6) is 0 Å². The van der Waals surface area contributed by atoms with Gasteiger partial charge in [0, 0.05) is 25.1 Å². The summed E-state index contributed by atoms with van der Waals surface area (Å²) in [5.74, 6) is 0.306. The smallest absolute Gasteiger partial charge is 0.330 e. The van der Waals surface area contributed by atoms with E-state index in [2.05, 4.69) is 10.3 Å². The maximum Gasteiger partial charge on any atom is 0.330 e. The van der Waals surface area contributed by atoms with Crippen LogP contribution < -0.4 is 22.3 Å². The molecule has 0 spiro atoms. The van der Waals surface area contributed by atoms with Crippen LogP contribution in [0, 0.1) is 5.92 Å². The Morgan fingerprint density at radius 1 is 1.43 bits per heavy atom. The first-order valence-electron chi connectivity index (χ1n) is 7.58. The maximum absolute atomic E-state index is 12.0. The molecule has 1 aromatic rings. The van der Waals surface area contributed by atoms with Gasteiger partial charge in [0.15, 0.2) is 0 Å². The molecule has 0 bridgehead atoms. The summed E-state index contributed by atoms with van der Waals surface area (Å²) in [6, 6.07) is 0.0236. The molecule has 1 heterocycles. The van der Waals surface area contributed by atoms with Gasteiger partial charge >= 0.3 is 5.69 Å². The number of rotatable bonds is 6. The van der Waals surface area contributed by atoms with E-state index >= 15 is 0 Å². The second-order valence-corrected chi connectivity index (χ2v) is 5.65. The van der Waals surface area contributed by atoms with Crippen molar-refractivity contribution in [1.29, 1.82) is 0 Å². The number of nitrogens with one attached hydrogen (secondary N) is 2. The van der Waals surface area contributed by atoms with Crippen molar-refractivity contribution in [2.75, 3.05) is 17.7 Å².